The van der Waals surface area contributed by atoms with Crippen molar-refractivity contribution in [2.45, 2.75) is 26.3 Å². The quantitative estimate of drug-likeness (QED) is 0.837. The van der Waals surface area contributed by atoms with Gasteiger partial charge in [-0.3, -0.25) is 4.98 Å². The van der Waals surface area contributed by atoms with E-state index in [1.807, 2.05) is 19.9 Å². The number of hydrogen-bond acceptors (Lipinski definition) is 4. The minimum absolute atomic E-state index is 0.0812. The van der Waals surface area contributed by atoms with Crippen molar-refractivity contribution in [3.8, 4) is 0 Å². The number of nitrogens with zero attached hydrogens (tertiary/aromatic N) is 1. The predicted octanol–water partition coefficient (Wildman–Crippen LogP) is 1.48. The van der Waals surface area contributed by atoms with E-state index >= 15 is 0 Å². The summed E-state index contributed by atoms with van der Waals surface area (Å²) in [4.78, 5) is 4.05. The standard InChI is InChI=1S/C12H20N2O2S/c1-4-14-12(6-8-17(3,15)16)11-5-7-13-9-10(11)2/h5,7,9,12,14H,4,6,8H2,1-3H3. The Morgan fingerprint density at radius 1 is 1.47 bits per heavy atom. The van der Waals surface area contributed by atoms with Crippen LogP contribution in [-0.4, -0.2) is 32.0 Å². The van der Waals surface area contributed by atoms with Crippen LogP contribution < -0.4 is 5.32 Å². The second-order valence-corrected chi connectivity index (χ2v) is 6.52. The molecule has 0 spiro atoms. The lowest BCUT2D eigenvalue weighted by Gasteiger charge is -2.19. The summed E-state index contributed by atoms with van der Waals surface area (Å²) in [5, 5.41) is 3.32. The molecule has 17 heavy (non-hydrogen) atoms. The summed E-state index contributed by atoms with van der Waals surface area (Å²) in [7, 11) is -2.91. The van der Waals surface area contributed by atoms with Gasteiger partial charge in [0.25, 0.3) is 0 Å². The highest BCUT2D eigenvalue weighted by atomic mass is 32.2. The number of hydrogen-bond donors (Lipinski definition) is 1. The molecule has 0 aliphatic rings. The van der Waals surface area contributed by atoms with Gasteiger partial charge in [-0.05, 0) is 37.1 Å². The molecule has 1 atom stereocenters. The molecule has 0 aliphatic carbocycles. The van der Waals surface area contributed by atoms with E-state index in [2.05, 4.69) is 10.3 Å². The first-order valence-corrected chi connectivity index (χ1v) is 7.81. The van der Waals surface area contributed by atoms with Gasteiger partial charge in [-0.15, -0.1) is 0 Å². The maximum Gasteiger partial charge on any atom is 0.147 e. The first-order valence-electron chi connectivity index (χ1n) is 5.75. The Bertz CT molecular complexity index is 457. The summed E-state index contributed by atoms with van der Waals surface area (Å²) in [6, 6.07) is 2.03. The molecule has 5 heteroatoms. The minimum Gasteiger partial charge on any atom is -0.310 e. The molecule has 0 amide bonds. The van der Waals surface area contributed by atoms with Crippen molar-refractivity contribution in [1.29, 1.82) is 0 Å². The van der Waals surface area contributed by atoms with Crippen molar-refractivity contribution in [2.24, 2.45) is 0 Å². The minimum atomic E-state index is -2.91. The zero-order chi connectivity index (χ0) is 12.9. The molecule has 1 unspecified atom stereocenters. The van der Waals surface area contributed by atoms with E-state index in [9.17, 15) is 8.42 Å². The third-order valence-electron chi connectivity index (χ3n) is 2.67. The van der Waals surface area contributed by atoms with Gasteiger partial charge in [-0.25, -0.2) is 8.42 Å². The van der Waals surface area contributed by atoms with Gasteiger partial charge in [-0.1, -0.05) is 6.92 Å². The van der Waals surface area contributed by atoms with Crippen LogP contribution in [0.5, 0.6) is 0 Å². The van der Waals surface area contributed by atoms with E-state index in [4.69, 9.17) is 0 Å². The fraction of sp³-hybridized carbons (Fsp3) is 0.583. The van der Waals surface area contributed by atoms with Crippen LogP contribution in [-0.2, 0) is 9.84 Å². The molecule has 96 valence electrons. The SMILES string of the molecule is CCNC(CCS(C)(=O)=O)c1ccncc1C. The molecule has 1 N–H and O–H groups in total. The number of pyridine rings is 1. The maximum absolute atomic E-state index is 11.2. The van der Waals surface area contributed by atoms with E-state index in [-0.39, 0.29) is 11.8 Å². The Morgan fingerprint density at radius 3 is 2.71 bits per heavy atom. The number of rotatable bonds is 6. The van der Waals surface area contributed by atoms with Crippen molar-refractivity contribution < 1.29 is 8.42 Å². The fourth-order valence-electron chi connectivity index (χ4n) is 1.82. The molecular formula is C12H20N2O2S. The van der Waals surface area contributed by atoms with E-state index in [1.54, 1.807) is 12.4 Å². The predicted molar refractivity (Wildman–Crippen MR) is 69.7 cm³/mol. The van der Waals surface area contributed by atoms with Gasteiger partial charge in [-0.2, -0.15) is 0 Å². The summed E-state index contributed by atoms with van der Waals surface area (Å²) in [6.07, 6.45) is 5.42. The molecule has 1 rings (SSSR count). The summed E-state index contributed by atoms with van der Waals surface area (Å²) < 4.78 is 22.4. The molecule has 1 heterocycles. The summed E-state index contributed by atoms with van der Waals surface area (Å²) in [5.41, 5.74) is 2.22. The first kappa shape index (κ1) is 14.1. The van der Waals surface area contributed by atoms with Crippen LogP contribution in [0, 0.1) is 6.92 Å². The van der Waals surface area contributed by atoms with Crippen LogP contribution >= 0.6 is 0 Å². The highest BCUT2D eigenvalue weighted by Gasteiger charge is 2.15. The lowest BCUT2D eigenvalue weighted by molar-refractivity contribution is 0.527. The highest BCUT2D eigenvalue weighted by molar-refractivity contribution is 7.90. The van der Waals surface area contributed by atoms with Crippen molar-refractivity contribution >= 4 is 9.84 Å². The van der Waals surface area contributed by atoms with Crippen molar-refractivity contribution in [3.63, 3.8) is 0 Å². The Labute approximate surface area is 103 Å². The summed E-state index contributed by atoms with van der Waals surface area (Å²) >= 11 is 0. The Hall–Kier alpha value is -0.940. The highest BCUT2D eigenvalue weighted by Crippen LogP contribution is 2.20. The Morgan fingerprint density at radius 2 is 2.18 bits per heavy atom. The largest absolute Gasteiger partial charge is 0.310 e. The average molecular weight is 256 g/mol. The van der Waals surface area contributed by atoms with Gasteiger partial charge in [0.15, 0.2) is 0 Å². The molecule has 0 saturated heterocycles. The maximum atomic E-state index is 11.2. The number of sulfone groups is 1. The molecule has 1 aromatic heterocycles. The van der Waals surface area contributed by atoms with Crippen LogP contribution in [0.3, 0.4) is 0 Å². The van der Waals surface area contributed by atoms with Gasteiger partial charge in [0.1, 0.15) is 9.84 Å². The number of nitrogens with one attached hydrogen (secondary N) is 1. The molecule has 4 nitrogen and oxygen atoms in total. The Balaban J connectivity index is 2.82. The fourth-order valence-corrected chi connectivity index (χ4v) is 2.48. The van der Waals surface area contributed by atoms with Crippen LogP contribution in [0.25, 0.3) is 0 Å². The van der Waals surface area contributed by atoms with Gasteiger partial charge in [0, 0.05) is 24.7 Å². The van der Waals surface area contributed by atoms with E-state index in [1.165, 1.54) is 6.26 Å². The second kappa shape index (κ2) is 6.12. The molecule has 0 saturated carbocycles. The third-order valence-corrected chi connectivity index (χ3v) is 3.64. The molecular weight excluding hydrogens is 236 g/mol. The van der Waals surface area contributed by atoms with E-state index < -0.39 is 9.84 Å². The van der Waals surface area contributed by atoms with Crippen LogP contribution in [0.1, 0.15) is 30.5 Å². The van der Waals surface area contributed by atoms with Crippen molar-refractivity contribution in [3.05, 3.63) is 29.6 Å². The zero-order valence-corrected chi connectivity index (χ0v) is 11.4. The van der Waals surface area contributed by atoms with Gasteiger partial charge in [0.05, 0.1) is 5.75 Å². The molecule has 0 fully saturated rings. The van der Waals surface area contributed by atoms with E-state index in [0.29, 0.717) is 6.42 Å². The molecule has 0 aromatic carbocycles. The molecule has 0 bridgehead atoms. The lowest BCUT2D eigenvalue weighted by atomic mass is 10.0. The average Bonchev–Trinajstić information content (AvgIpc) is 2.24. The van der Waals surface area contributed by atoms with Gasteiger partial charge >= 0.3 is 0 Å². The zero-order valence-electron chi connectivity index (χ0n) is 10.6. The topological polar surface area (TPSA) is 59.1 Å². The molecule has 0 aliphatic heterocycles. The van der Waals surface area contributed by atoms with Crippen LogP contribution in [0.2, 0.25) is 0 Å². The van der Waals surface area contributed by atoms with Gasteiger partial charge < -0.3 is 5.32 Å². The van der Waals surface area contributed by atoms with Crippen molar-refractivity contribution in [2.75, 3.05) is 18.6 Å². The van der Waals surface area contributed by atoms with Crippen LogP contribution in [0.4, 0.5) is 0 Å². The summed E-state index contributed by atoms with van der Waals surface area (Å²) in [5.74, 6) is 0.201. The lowest BCUT2D eigenvalue weighted by Crippen LogP contribution is -2.24. The Kier molecular flexibility index (Phi) is 5.08. The second-order valence-electron chi connectivity index (χ2n) is 4.26. The van der Waals surface area contributed by atoms with Crippen LogP contribution in [0.15, 0.2) is 18.5 Å². The molecule has 1 aromatic rings. The van der Waals surface area contributed by atoms with E-state index in [0.717, 1.165) is 17.7 Å². The number of aryl methyl sites for hydroxylation is 1. The summed E-state index contributed by atoms with van der Waals surface area (Å²) in [6.45, 7) is 4.83. The van der Waals surface area contributed by atoms with Crippen molar-refractivity contribution in [1.82, 2.24) is 10.3 Å². The molecule has 0 radical (unpaired) electrons. The van der Waals surface area contributed by atoms with Gasteiger partial charge in [0.2, 0.25) is 0 Å². The monoisotopic (exact) mass is 256 g/mol. The third kappa shape index (κ3) is 4.83. The first-order chi connectivity index (χ1) is 7.94. The smallest absolute Gasteiger partial charge is 0.147 e. The number of aromatic nitrogens is 1. The normalized spacial score (nSPS) is 13.6.